The van der Waals surface area contributed by atoms with Crippen molar-refractivity contribution in [3.8, 4) is 5.88 Å². The first kappa shape index (κ1) is 21.8. The number of sulfonamides is 1. The van der Waals surface area contributed by atoms with Crippen LogP contribution in [0.5, 0.6) is 5.88 Å². The van der Waals surface area contributed by atoms with Gasteiger partial charge in [-0.2, -0.15) is 0 Å². The van der Waals surface area contributed by atoms with Gasteiger partial charge in [-0.3, -0.25) is 9.52 Å². The predicted octanol–water partition coefficient (Wildman–Crippen LogP) is 3.95. The van der Waals surface area contributed by atoms with Crippen LogP contribution in [0.15, 0.2) is 30.5 Å². The lowest BCUT2D eigenvalue weighted by Gasteiger charge is -2.13. The van der Waals surface area contributed by atoms with Crippen molar-refractivity contribution in [2.75, 3.05) is 17.6 Å². The van der Waals surface area contributed by atoms with E-state index in [0.29, 0.717) is 18.0 Å². The van der Waals surface area contributed by atoms with Gasteiger partial charge in [-0.1, -0.05) is 18.5 Å². The van der Waals surface area contributed by atoms with Crippen molar-refractivity contribution in [2.24, 2.45) is 0 Å². The number of carbonyl (C=O) groups excluding carboxylic acids is 1. The van der Waals surface area contributed by atoms with E-state index in [0.717, 1.165) is 0 Å². The minimum absolute atomic E-state index is 0.0428. The fourth-order valence-corrected chi connectivity index (χ4v) is 4.21. The average molecular weight is 456 g/mol. The normalized spacial score (nSPS) is 11.5. The van der Waals surface area contributed by atoms with Crippen LogP contribution in [0.3, 0.4) is 0 Å². The first-order valence-electron chi connectivity index (χ1n) is 8.70. The Morgan fingerprint density at radius 1 is 1.23 bits per heavy atom. The molecule has 0 bridgehead atoms. The molecule has 2 aromatic carbocycles. The zero-order chi connectivity index (χ0) is 22.1. The van der Waals surface area contributed by atoms with Gasteiger partial charge in [0.05, 0.1) is 46.4 Å². The molecule has 0 atom stereocenters. The van der Waals surface area contributed by atoms with Crippen molar-refractivity contribution < 1.29 is 26.7 Å². The molecule has 3 rings (SSSR count). The molecule has 7 nitrogen and oxygen atoms in total. The van der Waals surface area contributed by atoms with Gasteiger partial charge in [-0.05, 0) is 24.6 Å². The molecule has 0 saturated heterocycles. The van der Waals surface area contributed by atoms with E-state index < -0.39 is 43.7 Å². The lowest BCUT2D eigenvalue weighted by molar-refractivity contribution is 0.103. The highest BCUT2D eigenvalue weighted by Gasteiger charge is 2.26. The number of ketones is 1. The van der Waals surface area contributed by atoms with E-state index in [9.17, 15) is 22.0 Å². The second-order valence-corrected chi connectivity index (χ2v) is 8.49. The van der Waals surface area contributed by atoms with Gasteiger partial charge in [0.15, 0.2) is 17.4 Å². The van der Waals surface area contributed by atoms with Crippen molar-refractivity contribution in [1.29, 1.82) is 0 Å². The number of carbonyl (C=O) groups is 1. The minimum atomic E-state index is -3.85. The Morgan fingerprint density at radius 2 is 1.97 bits per heavy atom. The quantitative estimate of drug-likeness (QED) is 0.428. The highest BCUT2D eigenvalue weighted by atomic mass is 35.5. The summed E-state index contributed by atoms with van der Waals surface area (Å²) >= 11 is 6.10. The Balaban J connectivity index is 2.10. The Hall–Kier alpha value is -2.85. The molecule has 0 spiro atoms. The van der Waals surface area contributed by atoms with Gasteiger partial charge < -0.3 is 4.74 Å². The summed E-state index contributed by atoms with van der Waals surface area (Å²) in [5, 5.41) is -0.546. The highest BCUT2D eigenvalue weighted by molar-refractivity contribution is 7.92. The number of anilines is 1. The maximum Gasteiger partial charge on any atom is 0.232 e. The summed E-state index contributed by atoms with van der Waals surface area (Å²) in [6.45, 7) is 1.64. The Bertz CT molecular complexity index is 1250. The molecule has 0 unspecified atom stereocenters. The third-order valence-electron chi connectivity index (χ3n) is 4.11. The van der Waals surface area contributed by atoms with Crippen molar-refractivity contribution in [2.45, 2.75) is 13.3 Å². The molecular weight excluding hydrogens is 440 g/mol. The van der Waals surface area contributed by atoms with Crippen molar-refractivity contribution in [3.63, 3.8) is 0 Å². The third kappa shape index (κ3) is 4.34. The summed E-state index contributed by atoms with van der Waals surface area (Å²) in [5.41, 5.74) is -0.516. The maximum atomic E-state index is 14.5. The van der Waals surface area contributed by atoms with Crippen LogP contribution in [0.4, 0.5) is 14.5 Å². The average Bonchev–Trinajstić information content (AvgIpc) is 2.70. The number of methoxy groups -OCH3 is 1. The maximum absolute atomic E-state index is 14.5. The molecule has 0 aliphatic rings. The number of hydrogen-bond acceptors (Lipinski definition) is 6. The first-order valence-corrected chi connectivity index (χ1v) is 10.7. The fraction of sp³-hybridized carbons (Fsp3) is 0.211. The summed E-state index contributed by atoms with van der Waals surface area (Å²) in [5.74, 6) is -3.90. The molecule has 0 aliphatic carbocycles. The van der Waals surface area contributed by atoms with Gasteiger partial charge in [0.1, 0.15) is 0 Å². The number of nitrogens with one attached hydrogen (secondary N) is 1. The van der Waals surface area contributed by atoms with Crippen LogP contribution >= 0.6 is 11.6 Å². The molecule has 0 saturated carbocycles. The lowest BCUT2D eigenvalue weighted by Crippen LogP contribution is -2.18. The Kier molecular flexibility index (Phi) is 6.18. The van der Waals surface area contributed by atoms with Crippen molar-refractivity contribution in [3.05, 3.63) is 58.2 Å². The molecule has 0 aliphatic heterocycles. The van der Waals surface area contributed by atoms with E-state index in [-0.39, 0.29) is 22.7 Å². The van der Waals surface area contributed by atoms with Gasteiger partial charge in [-0.25, -0.2) is 27.2 Å². The number of ether oxygens (including phenoxy) is 1. The van der Waals surface area contributed by atoms with Crippen LogP contribution in [0, 0.1) is 11.6 Å². The number of nitrogens with zero attached hydrogens (tertiary/aromatic N) is 2. The first-order chi connectivity index (χ1) is 14.2. The number of aromatic nitrogens is 2. The zero-order valence-electron chi connectivity index (χ0n) is 15.9. The molecule has 11 heteroatoms. The summed E-state index contributed by atoms with van der Waals surface area (Å²) < 4.78 is 59.7. The van der Waals surface area contributed by atoms with Crippen molar-refractivity contribution in [1.82, 2.24) is 9.97 Å². The molecule has 0 amide bonds. The second kappa shape index (κ2) is 8.49. The number of halogens is 3. The summed E-state index contributed by atoms with van der Waals surface area (Å²) in [4.78, 5) is 21.2. The molecule has 1 heterocycles. The van der Waals surface area contributed by atoms with Crippen LogP contribution in [-0.4, -0.2) is 37.0 Å². The van der Waals surface area contributed by atoms with E-state index in [1.165, 1.54) is 31.5 Å². The molecule has 3 aromatic rings. The standard InChI is InChI=1S/C19H16ClF2N3O4S/c1-3-6-30(27,28)25-14-8-11(21)18(22)16(17(14)20)19(26)10-4-5-12-13(7-10)24-15(29-2)9-23-12/h4-5,7-9,25H,3,6H2,1-2H3. The van der Waals surface area contributed by atoms with Crippen molar-refractivity contribution >= 4 is 44.1 Å². The summed E-state index contributed by atoms with van der Waals surface area (Å²) in [6, 6.07) is 4.76. The third-order valence-corrected chi connectivity index (χ3v) is 5.98. The summed E-state index contributed by atoms with van der Waals surface area (Å²) in [7, 11) is -2.45. The number of benzene rings is 2. The molecule has 1 N–H and O–H groups in total. The van der Waals surface area contributed by atoms with Gasteiger partial charge in [-0.15, -0.1) is 0 Å². The van der Waals surface area contributed by atoms with Crippen LogP contribution in [0.25, 0.3) is 11.0 Å². The molecular formula is C19H16ClF2N3O4S. The van der Waals surface area contributed by atoms with Gasteiger partial charge in [0, 0.05) is 11.6 Å². The Labute approximate surface area is 176 Å². The fourth-order valence-electron chi connectivity index (χ4n) is 2.74. The van der Waals surface area contributed by atoms with Gasteiger partial charge in [0.25, 0.3) is 0 Å². The predicted molar refractivity (Wildman–Crippen MR) is 109 cm³/mol. The monoisotopic (exact) mass is 455 g/mol. The number of hydrogen-bond donors (Lipinski definition) is 1. The van der Waals surface area contributed by atoms with E-state index >= 15 is 0 Å². The van der Waals surface area contributed by atoms with E-state index in [2.05, 4.69) is 14.7 Å². The Morgan fingerprint density at radius 3 is 2.63 bits per heavy atom. The molecule has 0 fully saturated rings. The number of fused-ring (bicyclic) bond motifs is 1. The van der Waals surface area contributed by atoms with Crippen LogP contribution in [0.2, 0.25) is 5.02 Å². The molecule has 30 heavy (non-hydrogen) atoms. The SMILES string of the molecule is CCCS(=O)(=O)Nc1cc(F)c(F)c(C(=O)c2ccc3ncc(OC)nc3c2)c1Cl. The van der Waals surface area contributed by atoms with E-state index in [1.807, 2.05) is 0 Å². The summed E-state index contributed by atoms with van der Waals surface area (Å²) in [6.07, 6.45) is 1.69. The smallest absolute Gasteiger partial charge is 0.232 e. The van der Waals surface area contributed by atoms with E-state index in [1.54, 1.807) is 6.92 Å². The van der Waals surface area contributed by atoms with Gasteiger partial charge >= 0.3 is 0 Å². The van der Waals surface area contributed by atoms with E-state index in [4.69, 9.17) is 16.3 Å². The topological polar surface area (TPSA) is 98.2 Å². The lowest BCUT2D eigenvalue weighted by atomic mass is 10.0. The molecule has 0 radical (unpaired) electrons. The number of rotatable bonds is 7. The minimum Gasteiger partial charge on any atom is -0.480 e. The van der Waals surface area contributed by atoms with Crippen LogP contribution in [-0.2, 0) is 10.0 Å². The van der Waals surface area contributed by atoms with Crippen LogP contribution < -0.4 is 9.46 Å². The second-order valence-electron chi connectivity index (χ2n) is 6.27. The zero-order valence-corrected chi connectivity index (χ0v) is 17.4. The molecule has 158 valence electrons. The van der Waals surface area contributed by atoms with Crippen LogP contribution in [0.1, 0.15) is 29.3 Å². The van der Waals surface area contributed by atoms with Gasteiger partial charge in [0.2, 0.25) is 15.9 Å². The highest BCUT2D eigenvalue weighted by Crippen LogP contribution is 2.33. The molecule has 1 aromatic heterocycles. The largest absolute Gasteiger partial charge is 0.480 e.